The number of carboxylic acids is 1. The average molecular weight is 339 g/mol. The minimum atomic E-state index is -1.01. The number of nitrogens with one attached hydrogen (secondary N) is 1. The predicted octanol–water partition coefficient (Wildman–Crippen LogP) is 2.22. The molecular weight excluding hydrogens is 322 g/mol. The molecule has 0 spiro atoms. The van der Waals surface area contributed by atoms with Gasteiger partial charge in [0, 0.05) is 30.7 Å². The zero-order chi connectivity index (χ0) is 17.7. The van der Waals surface area contributed by atoms with Crippen LogP contribution >= 0.6 is 0 Å². The van der Waals surface area contributed by atoms with Crippen molar-refractivity contribution < 1.29 is 9.90 Å². The number of pyridine rings is 1. The predicted molar refractivity (Wildman–Crippen MR) is 92.5 cm³/mol. The molecule has 2 N–H and O–H groups in total. The van der Waals surface area contributed by atoms with E-state index in [2.05, 4.69) is 15.3 Å². The van der Waals surface area contributed by atoms with E-state index in [1.807, 2.05) is 6.92 Å². The number of hydrogen-bond acceptors (Lipinski definition) is 5. The number of carbonyl (C=O) groups is 1. The summed E-state index contributed by atoms with van der Waals surface area (Å²) in [5, 5.41) is 13.0. The van der Waals surface area contributed by atoms with Crippen LogP contribution in [-0.2, 0) is 7.05 Å². The first-order valence-electron chi connectivity index (χ1n) is 8.00. The summed E-state index contributed by atoms with van der Waals surface area (Å²) in [5.74, 6) is -0.665. The highest BCUT2D eigenvalue weighted by Gasteiger charge is 2.27. The zero-order valence-electron chi connectivity index (χ0n) is 13.9. The molecule has 1 aliphatic rings. The number of rotatable bonds is 4. The highest BCUT2D eigenvalue weighted by atomic mass is 16.4. The summed E-state index contributed by atoms with van der Waals surface area (Å²) in [5.41, 5.74) is 2.05. The maximum Gasteiger partial charge on any atom is 0.352 e. The van der Waals surface area contributed by atoms with Gasteiger partial charge >= 0.3 is 5.97 Å². The molecule has 0 atom stereocenters. The minimum Gasteiger partial charge on any atom is -0.477 e. The molecule has 3 heterocycles. The average Bonchev–Trinajstić information content (AvgIpc) is 3.29. The molecule has 0 aliphatic heterocycles. The Labute approximate surface area is 142 Å². The van der Waals surface area contributed by atoms with Gasteiger partial charge in [-0.05, 0) is 31.9 Å². The van der Waals surface area contributed by atoms with E-state index in [4.69, 9.17) is 5.11 Å². The fourth-order valence-corrected chi connectivity index (χ4v) is 3.00. The summed E-state index contributed by atoms with van der Waals surface area (Å²) in [7, 11) is 1.66. The van der Waals surface area contributed by atoms with E-state index in [9.17, 15) is 9.59 Å². The van der Waals surface area contributed by atoms with Gasteiger partial charge in [-0.25, -0.2) is 9.78 Å². The molecule has 0 bridgehead atoms. The van der Waals surface area contributed by atoms with Crippen molar-refractivity contribution in [2.75, 3.05) is 5.32 Å². The molecule has 0 saturated heterocycles. The molecule has 0 amide bonds. The molecule has 3 aromatic heterocycles. The summed E-state index contributed by atoms with van der Waals surface area (Å²) < 4.78 is 3.24. The van der Waals surface area contributed by atoms with Crippen LogP contribution in [0.1, 0.15) is 35.1 Å². The summed E-state index contributed by atoms with van der Waals surface area (Å²) in [6.45, 7) is 1.87. The number of fused-ring (bicyclic) bond motifs is 1. The first kappa shape index (κ1) is 15.4. The SMILES string of the molecule is Cc1nc(Nc2cc(C(=O)O)n(C)c2)nc2c1ccc(=O)n2C1CC1. The smallest absolute Gasteiger partial charge is 0.352 e. The van der Waals surface area contributed by atoms with Crippen molar-refractivity contribution in [1.29, 1.82) is 0 Å². The number of aromatic nitrogens is 4. The van der Waals surface area contributed by atoms with Crippen molar-refractivity contribution >= 4 is 28.6 Å². The lowest BCUT2D eigenvalue weighted by Gasteiger charge is -2.11. The van der Waals surface area contributed by atoms with Crippen LogP contribution in [0, 0.1) is 6.92 Å². The second kappa shape index (κ2) is 5.44. The Hall–Kier alpha value is -3.16. The highest BCUT2D eigenvalue weighted by molar-refractivity contribution is 5.87. The van der Waals surface area contributed by atoms with E-state index in [0.29, 0.717) is 17.3 Å². The Morgan fingerprint density at radius 1 is 1.32 bits per heavy atom. The topological polar surface area (TPSA) is 102 Å². The Morgan fingerprint density at radius 2 is 2.08 bits per heavy atom. The molecular formula is C17H17N5O3. The van der Waals surface area contributed by atoms with Crippen molar-refractivity contribution in [3.63, 3.8) is 0 Å². The standard InChI is InChI=1S/C17H17N5O3/c1-9-12-5-6-14(23)22(11-3-4-11)15(12)20-17(18-9)19-10-7-13(16(24)25)21(2)8-10/h5-8,11H,3-4H2,1-2H3,(H,24,25)(H,18,19,20). The lowest BCUT2D eigenvalue weighted by atomic mass is 10.2. The molecule has 3 aromatic rings. The largest absolute Gasteiger partial charge is 0.477 e. The summed E-state index contributed by atoms with van der Waals surface area (Å²) >= 11 is 0. The van der Waals surface area contributed by atoms with Crippen LogP contribution in [0.4, 0.5) is 11.6 Å². The first-order valence-corrected chi connectivity index (χ1v) is 8.00. The Kier molecular flexibility index (Phi) is 3.34. The van der Waals surface area contributed by atoms with Gasteiger partial charge in [0.2, 0.25) is 5.95 Å². The Bertz CT molecular complexity index is 1060. The molecule has 4 rings (SSSR count). The van der Waals surface area contributed by atoms with Crippen LogP contribution in [0.15, 0.2) is 29.2 Å². The third-order valence-electron chi connectivity index (χ3n) is 4.37. The molecule has 0 aromatic carbocycles. The number of nitrogens with zero attached hydrogens (tertiary/aromatic N) is 4. The van der Waals surface area contributed by atoms with Gasteiger partial charge in [0.1, 0.15) is 11.3 Å². The molecule has 8 nitrogen and oxygen atoms in total. The highest BCUT2D eigenvalue weighted by Crippen LogP contribution is 2.35. The number of hydrogen-bond donors (Lipinski definition) is 2. The summed E-state index contributed by atoms with van der Waals surface area (Å²) in [6.07, 6.45) is 3.61. The van der Waals surface area contributed by atoms with E-state index in [0.717, 1.165) is 23.9 Å². The van der Waals surface area contributed by atoms with Crippen LogP contribution < -0.4 is 10.9 Å². The van der Waals surface area contributed by atoms with Crippen molar-refractivity contribution in [2.45, 2.75) is 25.8 Å². The van der Waals surface area contributed by atoms with Gasteiger partial charge in [-0.1, -0.05) is 0 Å². The first-order chi connectivity index (χ1) is 11.9. The van der Waals surface area contributed by atoms with E-state index in [1.54, 1.807) is 29.9 Å². The Morgan fingerprint density at radius 3 is 2.72 bits per heavy atom. The van der Waals surface area contributed by atoms with E-state index in [1.165, 1.54) is 10.6 Å². The molecule has 0 unspecified atom stereocenters. The van der Waals surface area contributed by atoms with Gasteiger partial charge in [0.15, 0.2) is 0 Å². The normalized spacial score (nSPS) is 14.0. The van der Waals surface area contributed by atoms with Crippen molar-refractivity contribution in [3.8, 4) is 0 Å². The molecule has 128 valence electrons. The Balaban J connectivity index is 1.80. The van der Waals surface area contributed by atoms with Gasteiger partial charge in [-0.2, -0.15) is 4.98 Å². The third-order valence-corrected chi connectivity index (χ3v) is 4.37. The van der Waals surface area contributed by atoms with Crippen LogP contribution in [0.25, 0.3) is 11.0 Å². The van der Waals surface area contributed by atoms with E-state index < -0.39 is 5.97 Å². The molecule has 0 radical (unpaired) electrons. The van der Waals surface area contributed by atoms with Gasteiger partial charge in [0.05, 0.1) is 11.4 Å². The lowest BCUT2D eigenvalue weighted by Crippen LogP contribution is -2.19. The lowest BCUT2D eigenvalue weighted by molar-refractivity contribution is 0.0686. The molecule has 8 heteroatoms. The second-order valence-electron chi connectivity index (χ2n) is 6.30. The molecule has 1 aliphatic carbocycles. The van der Waals surface area contributed by atoms with Crippen LogP contribution in [0.3, 0.4) is 0 Å². The number of aromatic carboxylic acids is 1. The maximum atomic E-state index is 12.2. The fraction of sp³-hybridized carbons (Fsp3) is 0.294. The quantitative estimate of drug-likeness (QED) is 0.755. The van der Waals surface area contributed by atoms with Crippen molar-refractivity contribution in [1.82, 2.24) is 19.1 Å². The number of anilines is 2. The maximum absolute atomic E-state index is 12.2. The summed E-state index contributed by atoms with van der Waals surface area (Å²) in [6, 6.07) is 5.03. The number of aryl methyl sites for hydroxylation is 2. The third kappa shape index (κ3) is 2.65. The van der Waals surface area contributed by atoms with E-state index >= 15 is 0 Å². The fourth-order valence-electron chi connectivity index (χ4n) is 3.00. The van der Waals surface area contributed by atoms with Gasteiger partial charge in [0.25, 0.3) is 5.56 Å². The summed E-state index contributed by atoms with van der Waals surface area (Å²) in [4.78, 5) is 32.4. The van der Waals surface area contributed by atoms with Gasteiger partial charge in [-0.3, -0.25) is 9.36 Å². The molecule has 1 saturated carbocycles. The van der Waals surface area contributed by atoms with Crippen LogP contribution in [-0.4, -0.2) is 30.2 Å². The van der Waals surface area contributed by atoms with Crippen LogP contribution in [0.2, 0.25) is 0 Å². The second-order valence-corrected chi connectivity index (χ2v) is 6.30. The number of carboxylic acid groups (broad SMARTS) is 1. The molecule has 1 fully saturated rings. The van der Waals surface area contributed by atoms with Gasteiger partial charge < -0.3 is 15.0 Å². The van der Waals surface area contributed by atoms with Crippen LogP contribution in [0.5, 0.6) is 0 Å². The monoisotopic (exact) mass is 339 g/mol. The zero-order valence-corrected chi connectivity index (χ0v) is 13.9. The minimum absolute atomic E-state index is 0.0630. The van der Waals surface area contributed by atoms with Gasteiger partial charge in [-0.15, -0.1) is 0 Å². The van der Waals surface area contributed by atoms with Crippen molar-refractivity contribution in [2.24, 2.45) is 7.05 Å². The van der Waals surface area contributed by atoms with Crippen molar-refractivity contribution in [3.05, 3.63) is 46.1 Å². The van der Waals surface area contributed by atoms with E-state index in [-0.39, 0.29) is 17.3 Å². The molecule has 25 heavy (non-hydrogen) atoms.